The predicted octanol–water partition coefficient (Wildman–Crippen LogP) is 5.10. The van der Waals surface area contributed by atoms with Crippen LogP contribution in [0.25, 0.3) is 28.7 Å². The van der Waals surface area contributed by atoms with Crippen LogP contribution in [0.1, 0.15) is 29.4 Å². The Kier molecular flexibility index (Phi) is 5.50. The van der Waals surface area contributed by atoms with Crippen LogP contribution in [-0.2, 0) is 4.79 Å². The summed E-state index contributed by atoms with van der Waals surface area (Å²) in [5.74, 6) is 0.611. The molecule has 0 aliphatic rings. The van der Waals surface area contributed by atoms with Gasteiger partial charge < -0.3 is 4.74 Å². The van der Waals surface area contributed by atoms with Gasteiger partial charge in [-0.2, -0.15) is 0 Å². The first kappa shape index (κ1) is 20.3. The van der Waals surface area contributed by atoms with E-state index in [0.29, 0.717) is 22.5 Å². The van der Waals surface area contributed by atoms with E-state index >= 15 is 0 Å². The molecule has 1 aromatic heterocycles. The summed E-state index contributed by atoms with van der Waals surface area (Å²) in [6.07, 6.45) is 3.65. The van der Waals surface area contributed by atoms with Gasteiger partial charge in [-0.05, 0) is 73.0 Å². The summed E-state index contributed by atoms with van der Waals surface area (Å²) in [6, 6.07) is 20.5. The normalized spacial score (nSPS) is 11.2. The molecule has 0 unspecified atom stereocenters. The molecule has 31 heavy (non-hydrogen) atoms. The highest BCUT2D eigenvalue weighted by atomic mass is 16.5. The van der Waals surface area contributed by atoms with Gasteiger partial charge >= 0.3 is 5.97 Å². The van der Waals surface area contributed by atoms with Crippen LogP contribution < -0.4 is 10.3 Å². The molecule has 5 heteroatoms. The lowest BCUT2D eigenvalue weighted by atomic mass is 10.1. The molecule has 3 aromatic carbocycles. The molecule has 0 bridgehead atoms. The zero-order chi connectivity index (χ0) is 22.0. The Hall–Kier alpha value is -3.99. The van der Waals surface area contributed by atoms with Crippen molar-refractivity contribution >= 4 is 29.0 Å². The molecule has 154 valence electrons. The largest absolute Gasteiger partial charge is 0.427 e. The van der Waals surface area contributed by atoms with Crippen LogP contribution in [0.4, 0.5) is 0 Å². The maximum Gasteiger partial charge on any atom is 0.308 e. The van der Waals surface area contributed by atoms with Gasteiger partial charge in [0, 0.05) is 6.92 Å². The van der Waals surface area contributed by atoms with Gasteiger partial charge in [-0.1, -0.05) is 36.4 Å². The number of esters is 1. The van der Waals surface area contributed by atoms with Crippen molar-refractivity contribution in [1.29, 1.82) is 0 Å². The van der Waals surface area contributed by atoms with Crippen LogP contribution in [0, 0.1) is 13.8 Å². The molecule has 0 aliphatic heterocycles. The fourth-order valence-electron chi connectivity index (χ4n) is 3.61. The lowest BCUT2D eigenvalue weighted by Gasteiger charge is -2.13. The Bertz CT molecular complexity index is 1360. The number of carbonyl (C=O) groups is 1. The number of fused-ring (bicyclic) bond motifs is 1. The minimum absolute atomic E-state index is 0.121. The van der Waals surface area contributed by atoms with Crippen molar-refractivity contribution in [3.05, 3.63) is 99.6 Å². The Labute approximate surface area is 180 Å². The number of hydrogen-bond acceptors (Lipinski definition) is 4. The maximum absolute atomic E-state index is 13.4. The zero-order valence-corrected chi connectivity index (χ0v) is 17.6. The third-order valence-corrected chi connectivity index (χ3v) is 4.81. The van der Waals surface area contributed by atoms with E-state index in [4.69, 9.17) is 9.72 Å². The molecular weight excluding hydrogens is 388 g/mol. The van der Waals surface area contributed by atoms with Crippen molar-refractivity contribution in [3.63, 3.8) is 0 Å². The number of aryl methyl sites for hydroxylation is 2. The average Bonchev–Trinajstić information content (AvgIpc) is 2.71. The standard InChI is InChI=1S/C26H22N2O3/c1-17-13-18(2)15-21(14-17)28-25(27-24-10-5-4-9-23(24)26(28)30)12-11-20-7-6-8-22(16-20)31-19(3)29/h4-16H,1-3H3. The van der Waals surface area contributed by atoms with Crippen LogP contribution in [0.2, 0.25) is 0 Å². The highest BCUT2D eigenvalue weighted by Gasteiger charge is 2.12. The van der Waals surface area contributed by atoms with Crippen molar-refractivity contribution in [2.75, 3.05) is 0 Å². The van der Waals surface area contributed by atoms with E-state index in [-0.39, 0.29) is 11.5 Å². The van der Waals surface area contributed by atoms with Gasteiger partial charge in [-0.15, -0.1) is 0 Å². The Morgan fingerprint density at radius 3 is 2.42 bits per heavy atom. The molecule has 0 saturated carbocycles. The topological polar surface area (TPSA) is 61.2 Å². The van der Waals surface area contributed by atoms with Crippen LogP contribution in [0.15, 0.2) is 71.5 Å². The molecule has 0 saturated heterocycles. The van der Waals surface area contributed by atoms with Gasteiger partial charge in [-0.25, -0.2) is 4.98 Å². The zero-order valence-electron chi connectivity index (χ0n) is 17.6. The van der Waals surface area contributed by atoms with E-state index in [1.165, 1.54) is 6.92 Å². The van der Waals surface area contributed by atoms with Crippen LogP contribution in [-0.4, -0.2) is 15.5 Å². The van der Waals surface area contributed by atoms with Gasteiger partial charge in [0.15, 0.2) is 0 Å². The molecule has 4 rings (SSSR count). The van der Waals surface area contributed by atoms with E-state index in [1.807, 2.05) is 62.4 Å². The van der Waals surface area contributed by atoms with Crippen molar-refractivity contribution in [3.8, 4) is 11.4 Å². The second kappa shape index (κ2) is 8.40. The third-order valence-electron chi connectivity index (χ3n) is 4.81. The van der Waals surface area contributed by atoms with Crippen LogP contribution in [0.5, 0.6) is 5.75 Å². The molecule has 0 N–H and O–H groups in total. The summed E-state index contributed by atoms with van der Waals surface area (Å²) in [4.78, 5) is 29.4. The van der Waals surface area contributed by atoms with Gasteiger partial charge in [0.1, 0.15) is 11.6 Å². The number of nitrogens with zero attached hydrogens (tertiary/aromatic N) is 2. The predicted molar refractivity (Wildman–Crippen MR) is 123 cm³/mol. The summed E-state index contributed by atoms with van der Waals surface area (Å²) >= 11 is 0. The molecule has 0 aliphatic carbocycles. The quantitative estimate of drug-likeness (QED) is 0.347. The Balaban J connectivity index is 1.88. The molecule has 0 spiro atoms. The van der Waals surface area contributed by atoms with Crippen molar-refractivity contribution in [2.24, 2.45) is 0 Å². The van der Waals surface area contributed by atoms with Gasteiger partial charge in [0.25, 0.3) is 5.56 Å². The summed E-state index contributed by atoms with van der Waals surface area (Å²) in [5, 5.41) is 0.565. The molecular formula is C26H22N2O3. The molecule has 1 heterocycles. The first-order valence-corrected chi connectivity index (χ1v) is 9.98. The van der Waals surface area contributed by atoms with Gasteiger partial charge in [0.2, 0.25) is 0 Å². The molecule has 5 nitrogen and oxygen atoms in total. The number of carbonyl (C=O) groups excluding carboxylic acids is 1. The number of ether oxygens (including phenoxy) is 1. The van der Waals surface area contributed by atoms with E-state index in [9.17, 15) is 9.59 Å². The average molecular weight is 410 g/mol. The minimum Gasteiger partial charge on any atom is -0.427 e. The highest BCUT2D eigenvalue weighted by Crippen LogP contribution is 2.19. The maximum atomic E-state index is 13.4. The summed E-state index contributed by atoms with van der Waals surface area (Å²) in [7, 11) is 0. The summed E-state index contributed by atoms with van der Waals surface area (Å²) < 4.78 is 6.79. The molecule has 0 fully saturated rings. The van der Waals surface area contributed by atoms with Crippen molar-refractivity contribution in [2.45, 2.75) is 20.8 Å². The lowest BCUT2D eigenvalue weighted by Crippen LogP contribution is -2.22. The minimum atomic E-state index is -0.374. The van der Waals surface area contributed by atoms with Crippen molar-refractivity contribution in [1.82, 2.24) is 9.55 Å². The summed E-state index contributed by atoms with van der Waals surface area (Å²) in [6.45, 7) is 5.38. The first-order valence-electron chi connectivity index (χ1n) is 9.98. The Morgan fingerprint density at radius 1 is 0.935 bits per heavy atom. The fraction of sp³-hybridized carbons (Fsp3) is 0.115. The summed E-state index contributed by atoms with van der Waals surface area (Å²) in [5.41, 5.74) is 4.26. The molecule has 4 aromatic rings. The number of para-hydroxylation sites is 1. The second-order valence-electron chi connectivity index (χ2n) is 7.47. The van der Waals surface area contributed by atoms with E-state index < -0.39 is 0 Å². The van der Waals surface area contributed by atoms with E-state index in [0.717, 1.165) is 22.4 Å². The number of aromatic nitrogens is 2. The smallest absolute Gasteiger partial charge is 0.308 e. The fourth-order valence-corrected chi connectivity index (χ4v) is 3.61. The van der Waals surface area contributed by atoms with Crippen LogP contribution >= 0.6 is 0 Å². The molecule has 0 radical (unpaired) electrons. The molecule has 0 amide bonds. The van der Waals surface area contributed by atoms with E-state index in [2.05, 4.69) is 6.07 Å². The number of benzene rings is 3. The number of hydrogen-bond donors (Lipinski definition) is 0. The van der Waals surface area contributed by atoms with Crippen LogP contribution in [0.3, 0.4) is 0 Å². The number of rotatable bonds is 4. The SMILES string of the molecule is CC(=O)Oc1cccc(C=Cc2nc3ccccc3c(=O)n2-c2cc(C)cc(C)c2)c1. The van der Waals surface area contributed by atoms with Crippen molar-refractivity contribution < 1.29 is 9.53 Å². The second-order valence-corrected chi connectivity index (χ2v) is 7.47. The van der Waals surface area contributed by atoms with Gasteiger partial charge in [-0.3, -0.25) is 14.2 Å². The third kappa shape index (κ3) is 4.46. The van der Waals surface area contributed by atoms with E-state index in [1.54, 1.807) is 28.8 Å². The Morgan fingerprint density at radius 2 is 1.68 bits per heavy atom. The highest BCUT2D eigenvalue weighted by molar-refractivity contribution is 5.80. The monoisotopic (exact) mass is 410 g/mol. The van der Waals surface area contributed by atoms with Gasteiger partial charge in [0.05, 0.1) is 16.6 Å². The molecule has 0 atom stereocenters. The lowest BCUT2D eigenvalue weighted by molar-refractivity contribution is -0.131. The first-order chi connectivity index (χ1) is 14.9.